The van der Waals surface area contributed by atoms with Gasteiger partial charge in [0.1, 0.15) is 29.4 Å². The van der Waals surface area contributed by atoms with E-state index in [2.05, 4.69) is 5.32 Å². The Morgan fingerprint density at radius 3 is 1.65 bits per heavy atom. The first kappa shape index (κ1) is 24.3. The van der Waals surface area contributed by atoms with E-state index in [9.17, 15) is 18.4 Å². The molecule has 1 amide bonds. The summed E-state index contributed by atoms with van der Waals surface area (Å²) < 4.78 is 37.8. The molecule has 2 atom stereocenters. The van der Waals surface area contributed by atoms with E-state index >= 15 is 0 Å². The van der Waals surface area contributed by atoms with Crippen molar-refractivity contribution >= 4 is 12.1 Å². The number of rotatable bonds is 6. The van der Waals surface area contributed by atoms with E-state index in [1.165, 1.54) is 31.2 Å². The Labute approximate surface area is 181 Å². The maximum Gasteiger partial charge on any atom is 0.408 e. The lowest BCUT2D eigenvalue weighted by Gasteiger charge is -2.37. The van der Waals surface area contributed by atoms with Gasteiger partial charge in [-0.25, -0.2) is 18.4 Å². The zero-order valence-corrected chi connectivity index (χ0v) is 18.7. The Morgan fingerprint density at radius 1 is 0.839 bits per heavy atom. The summed E-state index contributed by atoms with van der Waals surface area (Å²) in [5, 5.41) is 2.45. The van der Waals surface area contributed by atoms with Gasteiger partial charge in [-0.15, -0.1) is 0 Å². The summed E-state index contributed by atoms with van der Waals surface area (Å²) in [4.78, 5) is 24.6. The number of carbonyl (C=O) groups excluding carboxylic acids is 2. The molecule has 0 saturated carbocycles. The van der Waals surface area contributed by atoms with Crippen molar-refractivity contribution in [3.05, 3.63) is 71.3 Å². The van der Waals surface area contributed by atoms with Crippen LogP contribution in [-0.2, 0) is 19.7 Å². The minimum Gasteiger partial charge on any atom is -0.460 e. The van der Waals surface area contributed by atoms with Gasteiger partial charge in [-0.1, -0.05) is 24.3 Å². The topological polar surface area (TPSA) is 64.6 Å². The number of benzene rings is 2. The van der Waals surface area contributed by atoms with Gasteiger partial charge >= 0.3 is 12.1 Å². The lowest BCUT2D eigenvalue weighted by molar-refractivity contribution is -0.152. The van der Waals surface area contributed by atoms with E-state index in [0.717, 1.165) is 0 Å². The number of halogens is 2. The van der Waals surface area contributed by atoms with E-state index in [-0.39, 0.29) is 0 Å². The van der Waals surface area contributed by atoms with Crippen LogP contribution in [0.2, 0.25) is 0 Å². The summed E-state index contributed by atoms with van der Waals surface area (Å²) in [5.41, 5.74) is -0.227. The fourth-order valence-corrected chi connectivity index (χ4v) is 3.17. The molecule has 0 spiro atoms. The number of amides is 1. The maximum atomic E-state index is 13.5. The number of ether oxygens (including phenoxy) is 2. The van der Waals surface area contributed by atoms with Crippen LogP contribution in [0.4, 0.5) is 13.6 Å². The van der Waals surface area contributed by atoms with Crippen LogP contribution < -0.4 is 5.32 Å². The maximum absolute atomic E-state index is 13.5. The molecule has 0 unspecified atom stereocenters. The highest BCUT2D eigenvalue weighted by Gasteiger charge is 2.38. The number of hydrogen-bond acceptors (Lipinski definition) is 4. The predicted octanol–water partition coefficient (Wildman–Crippen LogP) is 5.12. The monoisotopic (exact) mass is 433 g/mol. The molecule has 2 aromatic carbocycles. The second-order valence-corrected chi connectivity index (χ2v) is 8.66. The highest BCUT2D eigenvalue weighted by atomic mass is 19.1. The molecule has 0 saturated heterocycles. The van der Waals surface area contributed by atoms with E-state index < -0.39 is 46.9 Å². The molecule has 31 heavy (non-hydrogen) atoms. The largest absolute Gasteiger partial charge is 0.460 e. The van der Waals surface area contributed by atoms with Gasteiger partial charge in [0.15, 0.2) is 0 Å². The number of carbonyl (C=O) groups is 2. The summed E-state index contributed by atoms with van der Waals surface area (Å²) in [6.45, 7) is 10.2. The Morgan fingerprint density at radius 2 is 1.26 bits per heavy atom. The van der Waals surface area contributed by atoms with Crippen LogP contribution >= 0.6 is 0 Å². The molecular weight excluding hydrogens is 404 g/mol. The molecule has 0 aliphatic heterocycles. The van der Waals surface area contributed by atoms with Crippen molar-refractivity contribution in [2.24, 2.45) is 0 Å². The quantitative estimate of drug-likeness (QED) is 0.643. The standard InChI is InChI=1S/C24H29F2NO4/c1-15(27-22(29)31-23(3,4)5)21(28)30-16(2)24(6,17-7-11-19(25)12-8-17)18-9-13-20(26)14-10-18/h7-16H,1-6H3,(H,27,29)/t15-,16-/m1/s1. The molecule has 0 aromatic heterocycles. The molecular formula is C24H29F2NO4. The molecule has 0 aliphatic carbocycles. The molecule has 5 nitrogen and oxygen atoms in total. The third-order valence-electron chi connectivity index (χ3n) is 5.08. The summed E-state index contributed by atoms with van der Waals surface area (Å²) >= 11 is 0. The fourth-order valence-electron chi connectivity index (χ4n) is 3.17. The van der Waals surface area contributed by atoms with E-state index in [1.807, 2.05) is 6.92 Å². The third-order valence-corrected chi connectivity index (χ3v) is 5.08. The number of nitrogens with one attached hydrogen (secondary N) is 1. The molecule has 0 radical (unpaired) electrons. The van der Waals surface area contributed by atoms with Crippen molar-refractivity contribution in [2.75, 3.05) is 0 Å². The van der Waals surface area contributed by atoms with Gasteiger partial charge in [-0.05, 0) is 76.9 Å². The van der Waals surface area contributed by atoms with Crippen LogP contribution in [0.25, 0.3) is 0 Å². The molecule has 0 fully saturated rings. The van der Waals surface area contributed by atoms with Crippen LogP contribution in [0.3, 0.4) is 0 Å². The third kappa shape index (κ3) is 6.26. The van der Waals surface area contributed by atoms with E-state index in [1.54, 1.807) is 52.0 Å². The highest BCUT2D eigenvalue weighted by Crippen LogP contribution is 2.37. The van der Waals surface area contributed by atoms with Crippen LogP contribution in [0.1, 0.15) is 52.7 Å². The second kappa shape index (κ2) is 9.45. The van der Waals surface area contributed by atoms with Gasteiger partial charge in [0.25, 0.3) is 0 Å². The van der Waals surface area contributed by atoms with Gasteiger partial charge in [0, 0.05) is 0 Å². The van der Waals surface area contributed by atoms with Crippen molar-refractivity contribution in [1.82, 2.24) is 5.32 Å². The number of esters is 1. The zero-order valence-electron chi connectivity index (χ0n) is 18.7. The molecule has 2 rings (SSSR count). The van der Waals surface area contributed by atoms with Gasteiger partial charge in [-0.3, -0.25) is 0 Å². The molecule has 2 aromatic rings. The summed E-state index contributed by atoms with van der Waals surface area (Å²) in [5.74, 6) is -1.45. The van der Waals surface area contributed by atoms with Gasteiger partial charge < -0.3 is 14.8 Å². The Bertz CT molecular complexity index is 859. The van der Waals surface area contributed by atoms with Crippen molar-refractivity contribution in [3.63, 3.8) is 0 Å². The minimum absolute atomic E-state index is 0.398. The predicted molar refractivity (Wildman–Crippen MR) is 114 cm³/mol. The van der Waals surface area contributed by atoms with Crippen LogP contribution in [0.5, 0.6) is 0 Å². The SMILES string of the molecule is C[C@@H](NC(=O)OC(C)(C)C)C(=O)O[C@H](C)C(C)(c1ccc(F)cc1)c1ccc(F)cc1. The van der Waals surface area contributed by atoms with Crippen LogP contribution in [0, 0.1) is 11.6 Å². The van der Waals surface area contributed by atoms with Crippen LogP contribution in [0.15, 0.2) is 48.5 Å². The highest BCUT2D eigenvalue weighted by molar-refractivity contribution is 5.81. The van der Waals surface area contributed by atoms with Crippen molar-refractivity contribution < 1.29 is 27.8 Å². The average Bonchev–Trinajstić information content (AvgIpc) is 2.66. The van der Waals surface area contributed by atoms with Gasteiger partial charge in [0.05, 0.1) is 5.41 Å². The Balaban J connectivity index is 2.26. The summed E-state index contributed by atoms with van der Waals surface area (Å²) in [6.07, 6.45) is -1.46. The molecule has 0 aliphatic rings. The van der Waals surface area contributed by atoms with Gasteiger partial charge in [0.2, 0.25) is 0 Å². The smallest absolute Gasteiger partial charge is 0.408 e. The van der Waals surface area contributed by atoms with Crippen LogP contribution in [-0.4, -0.2) is 29.8 Å². The summed E-state index contributed by atoms with van der Waals surface area (Å²) in [7, 11) is 0. The van der Waals surface area contributed by atoms with Crippen molar-refractivity contribution in [2.45, 2.75) is 64.7 Å². The van der Waals surface area contributed by atoms with E-state index in [0.29, 0.717) is 11.1 Å². The Kier molecular flexibility index (Phi) is 7.41. The van der Waals surface area contributed by atoms with Crippen molar-refractivity contribution in [1.29, 1.82) is 0 Å². The number of alkyl carbamates (subject to hydrolysis) is 1. The molecule has 7 heteroatoms. The lowest BCUT2D eigenvalue weighted by atomic mass is 9.72. The van der Waals surface area contributed by atoms with Crippen molar-refractivity contribution in [3.8, 4) is 0 Å². The number of hydrogen-bond donors (Lipinski definition) is 1. The molecule has 1 N–H and O–H groups in total. The fraction of sp³-hybridized carbons (Fsp3) is 0.417. The second-order valence-electron chi connectivity index (χ2n) is 8.66. The first-order chi connectivity index (χ1) is 14.3. The normalized spacial score (nSPS) is 13.8. The lowest BCUT2D eigenvalue weighted by Crippen LogP contribution is -2.46. The van der Waals surface area contributed by atoms with E-state index in [4.69, 9.17) is 9.47 Å². The van der Waals surface area contributed by atoms with Gasteiger partial charge in [-0.2, -0.15) is 0 Å². The molecule has 168 valence electrons. The first-order valence-electron chi connectivity index (χ1n) is 10.0. The zero-order chi connectivity index (χ0) is 23.4. The minimum atomic E-state index is -0.956. The summed E-state index contributed by atoms with van der Waals surface area (Å²) in [6, 6.07) is 10.7. The molecule has 0 heterocycles. The first-order valence-corrected chi connectivity index (χ1v) is 10.0. The average molecular weight is 433 g/mol. The Hall–Kier alpha value is -2.96. The molecule has 0 bridgehead atoms.